The van der Waals surface area contributed by atoms with E-state index in [0.717, 1.165) is 65.7 Å². The fourth-order valence-electron chi connectivity index (χ4n) is 6.16. The van der Waals surface area contributed by atoms with Gasteiger partial charge in [0, 0.05) is 23.2 Å². The minimum absolute atomic E-state index is 0.199. The summed E-state index contributed by atoms with van der Waals surface area (Å²) < 4.78 is 33.8. The smallest absolute Gasteiger partial charge is 0.157 e. The summed E-state index contributed by atoms with van der Waals surface area (Å²) in [7, 11) is 0. The predicted octanol–water partition coefficient (Wildman–Crippen LogP) is 5.68. The molecule has 7 rings (SSSR count). The van der Waals surface area contributed by atoms with E-state index >= 15 is 4.39 Å². The molecule has 4 aliphatic rings. The van der Waals surface area contributed by atoms with Gasteiger partial charge in [-0.05, 0) is 87.8 Å². The molecule has 33 heavy (non-hydrogen) atoms. The zero-order valence-electron chi connectivity index (χ0n) is 19.1. The Morgan fingerprint density at radius 3 is 2.70 bits per heavy atom. The monoisotopic (exact) mass is 447 g/mol. The fraction of sp³-hybridized carbons (Fsp3) is 0.423. The molecule has 2 aliphatic heterocycles. The molecule has 2 N–H and O–H groups in total. The first kappa shape index (κ1) is 19.4. The minimum atomic E-state index is -0.341. The zero-order valence-corrected chi connectivity index (χ0v) is 19.1. The van der Waals surface area contributed by atoms with Crippen molar-refractivity contribution in [3.63, 3.8) is 0 Å². The molecule has 0 radical (unpaired) electrons. The highest BCUT2D eigenvalue weighted by molar-refractivity contribution is 6.06. The van der Waals surface area contributed by atoms with Gasteiger partial charge in [0.1, 0.15) is 23.5 Å². The lowest BCUT2D eigenvalue weighted by Gasteiger charge is -2.46. The van der Waals surface area contributed by atoms with Crippen LogP contribution in [0.25, 0.3) is 22.0 Å². The molecule has 0 saturated heterocycles. The SMILES string of the molecule is CC1=NNC2N1c1c(F)c(-c3cc(F)cc4c3ccn4C3CC3)c3c(c1NC2(C)C)CCC3. The second-order valence-corrected chi connectivity index (χ2v) is 10.5. The maximum Gasteiger partial charge on any atom is 0.157 e. The molecule has 2 aliphatic carbocycles. The van der Waals surface area contributed by atoms with E-state index in [1.165, 1.54) is 6.07 Å². The number of fused-ring (bicyclic) bond motifs is 6. The zero-order chi connectivity index (χ0) is 22.6. The molecule has 0 spiro atoms. The molecule has 170 valence electrons. The lowest BCUT2D eigenvalue weighted by Crippen LogP contribution is -2.61. The van der Waals surface area contributed by atoms with Crippen molar-refractivity contribution in [3.05, 3.63) is 47.2 Å². The van der Waals surface area contributed by atoms with Gasteiger partial charge in [-0.2, -0.15) is 5.10 Å². The Kier molecular flexibility index (Phi) is 3.69. The first-order chi connectivity index (χ1) is 15.8. The number of halogens is 2. The van der Waals surface area contributed by atoms with E-state index < -0.39 is 0 Å². The van der Waals surface area contributed by atoms with Crippen molar-refractivity contribution < 1.29 is 8.78 Å². The highest BCUT2D eigenvalue weighted by atomic mass is 19.1. The van der Waals surface area contributed by atoms with Gasteiger partial charge in [-0.25, -0.2) is 8.78 Å². The number of anilines is 2. The molecule has 3 aromatic rings. The molecule has 1 fully saturated rings. The summed E-state index contributed by atoms with van der Waals surface area (Å²) in [5, 5.41) is 8.98. The molecule has 2 aromatic carbocycles. The Morgan fingerprint density at radius 1 is 1.12 bits per heavy atom. The third kappa shape index (κ3) is 2.53. The lowest BCUT2D eigenvalue weighted by molar-refractivity contribution is 0.389. The first-order valence-electron chi connectivity index (χ1n) is 11.9. The van der Waals surface area contributed by atoms with E-state index in [9.17, 15) is 4.39 Å². The summed E-state index contributed by atoms with van der Waals surface area (Å²) in [5.74, 6) is 0.130. The van der Waals surface area contributed by atoms with Crippen LogP contribution in [-0.2, 0) is 12.8 Å². The Balaban J connectivity index is 1.54. The number of hydrazone groups is 1. The predicted molar refractivity (Wildman–Crippen MR) is 128 cm³/mol. The van der Waals surface area contributed by atoms with Crippen LogP contribution < -0.4 is 15.6 Å². The van der Waals surface area contributed by atoms with Gasteiger partial charge in [0.15, 0.2) is 5.82 Å². The number of nitrogens with one attached hydrogen (secondary N) is 2. The van der Waals surface area contributed by atoms with Crippen LogP contribution in [0.3, 0.4) is 0 Å². The number of hydrogen-bond donors (Lipinski definition) is 2. The maximum absolute atomic E-state index is 16.7. The van der Waals surface area contributed by atoms with E-state index in [2.05, 4.69) is 34.3 Å². The molecular weight excluding hydrogens is 420 g/mol. The normalized spacial score (nSPS) is 22.5. The largest absolute Gasteiger partial charge is 0.374 e. The Hall–Kier alpha value is -3.09. The molecule has 1 atom stereocenters. The third-order valence-corrected chi connectivity index (χ3v) is 7.83. The number of aromatic nitrogens is 1. The number of amidine groups is 1. The van der Waals surface area contributed by atoms with Crippen LogP contribution in [-0.4, -0.2) is 22.1 Å². The van der Waals surface area contributed by atoms with Gasteiger partial charge < -0.3 is 9.88 Å². The van der Waals surface area contributed by atoms with Gasteiger partial charge >= 0.3 is 0 Å². The quantitative estimate of drug-likeness (QED) is 0.531. The molecule has 7 heteroatoms. The molecule has 5 nitrogen and oxygen atoms in total. The molecule has 3 heterocycles. The van der Waals surface area contributed by atoms with Gasteiger partial charge in [0.2, 0.25) is 0 Å². The van der Waals surface area contributed by atoms with Crippen LogP contribution in [0.4, 0.5) is 20.2 Å². The topological polar surface area (TPSA) is 44.6 Å². The van der Waals surface area contributed by atoms with Crippen molar-refractivity contribution in [2.45, 2.75) is 70.6 Å². The average Bonchev–Trinajstić information content (AvgIpc) is 3.15. The van der Waals surface area contributed by atoms with Crippen molar-refractivity contribution >= 4 is 28.1 Å². The second-order valence-electron chi connectivity index (χ2n) is 10.5. The van der Waals surface area contributed by atoms with Gasteiger partial charge in [0.25, 0.3) is 0 Å². The van der Waals surface area contributed by atoms with Gasteiger partial charge in [-0.3, -0.25) is 10.3 Å². The van der Waals surface area contributed by atoms with Crippen LogP contribution in [0.1, 0.15) is 57.2 Å². The van der Waals surface area contributed by atoms with Crippen molar-refractivity contribution in [2.24, 2.45) is 5.10 Å². The number of rotatable bonds is 2. The third-order valence-electron chi connectivity index (χ3n) is 7.83. The van der Waals surface area contributed by atoms with Crippen LogP contribution in [0.2, 0.25) is 0 Å². The Labute approximate surface area is 191 Å². The van der Waals surface area contributed by atoms with E-state index in [-0.39, 0.29) is 23.3 Å². The van der Waals surface area contributed by atoms with Crippen LogP contribution in [0.15, 0.2) is 29.5 Å². The summed E-state index contributed by atoms with van der Waals surface area (Å²) in [6, 6.07) is 5.56. The highest BCUT2D eigenvalue weighted by Crippen LogP contribution is 2.52. The van der Waals surface area contributed by atoms with Crippen molar-refractivity contribution in [1.29, 1.82) is 0 Å². The van der Waals surface area contributed by atoms with Crippen LogP contribution in [0.5, 0.6) is 0 Å². The van der Waals surface area contributed by atoms with E-state index in [1.807, 2.05) is 24.1 Å². The molecule has 1 unspecified atom stereocenters. The van der Waals surface area contributed by atoms with Gasteiger partial charge in [-0.1, -0.05) is 0 Å². The average molecular weight is 448 g/mol. The molecule has 1 saturated carbocycles. The Morgan fingerprint density at radius 2 is 1.91 bits per heavy atom. The van der Waals surface area contributed by atoms with Crippen molar-refractivity contribution in [3.8, 4) is 11.1 Å². The molecule has 1 aromatic heterocycles. The number of hydrogen-bond acceptors (Lipinski definition) is 4. The highest BCUT2D eigenvalue weighted by Gasteiger charge is 2.47. The molecular formula is C26H27F2N5. The molecule has 0 bridgehead atoms. The summed E-state index contributed by atoms with van der Waals surface area (Å²) in [6.07, 6.45) is 6.71. The summed E-state index contributed by atoms with van der Waals surface area (Å²) in [6.45, 7) is 6.12. The number of nitrogens with zero attached hydrogens (tertiary/aromatic N) is 3. The minimum Gasteiger partial charge on any atom is -0.374 e. The Bertz CT molecular complexity index is 1380. The van der Waals surface area contributed by atoms with E-state index in [1.54, 1.807) is 6.07 Å². The van der Waals surface area contributed by atoms with E-state index in [4.69, 9.17) is 0 Å². The second kappa shape index (κ2) is 6.27. The summed E-state index contributed by atoms with van der Waals surface area (Å²) in [5.41, 5.74) is 8.47. The standard InChI is InChI=1S/C26H27F2N5/c1-13-30-31-25-26(2,3)29-23-18-6-4-5-17(18)21(22(28)24(23)33(13)25)19-11-14(27)12-20-16(19)9-10-32(20)15-7-8-15/h9-12,15,25,29,31H,4-8H2,1-3H3. The molecule has 0 amide bonds. The number of benzene rings is 2. The van der Waals surface area contributed by atoms with Crippen LogP contribution in [0, 0.1) is 11.6 Å². The lowest BCUT2D eigenvalue weighted by atomic mass is 9.87. The van der Waals surface area contributed by atoms with Crippen LogP contribution >= 0.6 is 0 Å². The maximum atomic E-state index is 16.7. The van der Waals surface area contributed by atoms with Gasteiger partial charge in [-0.15, -0.1) is 0 Å². The van der Waals surface area contributed by atoms with Gasteiger partial charge in [0.05, 0.1) is 16.7 Å². The first-order valence-corrected chi connectivity index (χ1v) is 11.9. The van der Waals surface area contributed by atoms with E-state index in [0.29, 0.717) is 22.9 Å². The van der Waals surface area contributed by atoms with Crippen molar-refractivity contribution in [1.82, 2.24) is 9.99 Å². The summed E-state index contributed by atoms with van der Waals surface area (Å²) >= 11 is 0. The summed E-state index contributed by atoms with van der Waals surface area (Å²) in [4.78, 5) is 1.98. The fourth-order valence-corrected chi connectivity index (χ4v) is 6.16. The van der Waals surface area contributed by atoms with Crippen molar-refractivity contribution in [2.75, 3.05) is 10.2 Å².